The van der Waals surface area contributed by atoms with E-state index in [-0.39, 0.29) is 18.3 Å². The van der Waals surface area contributed by atoms with Crippen LogP contribution in [0.3, 0.4) is 0 Å². The first-order chi connectivity index (χ1) is 13.6. The summed E-state index contributed by atoms with van der Waals surface area (Å²) in [5, 5.41) is 2.55. The molecule has 1 aromatic heterocycles. The number of carbonyl (C=O) groups excluding carboxylic acids is 3. The average Bonchev–Trinajstić information content (AvgIpc) is 2.90. The topological polar surface area (TPSA) is 126 Å². The molecule has 29 heavy (non-hydrogen) atoms. The maximum absolute atomic E-state index is 12.7. The molecule has 1 saturated heterocycles. The number of aromatic nitrogens is 2. The van der Waals surface area contributed by atoms with Crippen LogP contribution in [0.25, 0.3) is 0 Å². The maximum Gasteiger partial charge on any atom is 0.351 e. The van der Waals surface area contributed by atoms with Gasteiger partial charge in [0.05, 0.1) is 4.83 Å². The smallest absolute Gasteiger partial charge is 0.351 e. The Hall–Kier alpha value is -2.27. The molecule has 1 aliphatic heterocycles. The number of hydrogen-bond donors (Lipinski definition) is 1. The second-order valence-corrected chi connectivity index (χ2v) is 7.68. The van der Waals surface area contributed by atoms with Gasteiger partial charge in [-0.15, -0.1) is 0 Å². The normalized spacial score (nSPS) is 23.5. The first-order valence-corrected chi connectivity index (χ1v) is 10.0. The van der Waals surface area contributed by atoms with E-state index in [0.29, 0.717) is 12.0 Å². The lowest BCUT2D eigenvalue weighted by molar-refractivity contribution is -0.153. The summed E-state index contributed by atoms with van der Waals surface area (Å²) >= 11 is 3.42. The summed E-state index contributed by atoms with van der Waals surface area (Å²) in [5.41, 5.74) is -0.0365. The molecule has 0 saturated carbocycles. The predicted octanol–water partition coefficient (Wildman–Crippen LogP) is 1.31. The summed E-state index contributed by atoms with van der Waals surface area (Å²) < 4.78 is 17.5. The van der Waals surface area contributed by atoms with Crippen molar-refractivity contribution in [1.29, 1.82) is 0 Å². The molecular formula is C18H24BrN3O7. The molecule has 0 bridgehead atoms. The van der Waals surface area contributed by atoms with Crippen molar-refractivity contribution in [1.82, 2.24) is 9.55 Å². The highest BCUT2D eigenvalue weighted by Gasteiger charge is 2.47. The number of rotatable bonds is 7. The van der Waals surface area contributed by atoms with Gasteiger partial charge in [-0.25, -0.2) is 4.79 Å². The minimum absolute atomic E-state index is 0.0759. The van der Waals surface area contributed by atoms with Crippen LogP contribution in [0, 0.1) is 0 Å². The molecular weight excluding hydrogens is 450 g/mol. The molecule has 0 spiro atoms. The summed E-state index contributed by atoms with van der Waals surface area (Å²) in [6, 6.07) is 0. The van der Waals surface area contributed by atoms with Crippen LogP contribution in [0.15, 0.2) is 11.0 Å². The average molecular weight is 474 g/mol. The Kier molecular flexibility index (Phi) is 7.91. The van der Waals surface area contributed by atoms with Crippen molar-refractivity contribution in [2.75, 3.05) is 11.9 Å². The Morgan fingerprint density at radius 1 is 1.28 bits per heavy atom. The second kappa shape index (κ2) is 9.97. The van der Waals surface area contributed by atoms with Crippen molar-refractivity contribution >= 4 is 39.6 Å². The zero-order valence-corrected chi connectivity index (χ0v) is 18.2. The number of carbonyl (C=O) groups is 3. The molecule has 1 aromatic rings. The van der Waals surface area contributed by atoms with Crippen LogP contribution < -0.4 is 11.0 Å². The van der Waals surface area contributed by atoms with E-state index in [1.807, 2.05) is 6.92 Å². The number of halogens is 1. The van der Waals surface area contributed by atoms with Crippen LogP contribution >= 0.6 is 15.9 Å². The van der Waals surface area contributed by atoms with Crippen LogP contribution in [0.1, 0.15) is 45.9 Å². The number of nitrogens with zero attached hydrogens (tertiary/aromatic N) is 2. The Morgan fingerprint density at radius 3 is 2.52 bits per heavy atom. The number of anilines is 1. The van der Waals surface area contributed by atoms with Crippen molar-refractivity contribution in [2.45, 2.75) is 63.8 Å². The highest BCUT2D eigenvalue weighted by atomic mass is 79.9. The van der Waals surface area contributed by atoms with E-state index in [2.05, 4.69) is 26.2 Å². The molecule has 4 atom stereocenters. The minimum atomic E-state index is -0.981. The molecule has 2 heterocycles. The van der Waals surface area contributed by atoms with E-state index in [1.165, 1.54) is 25.3 Å². The van der Waals surface area contributed by atoms with Gasteiger partial charge in [0, 0.05) is 32.5 Å². The van der Waals surface area contributed by atoms with Gasteiger partial charge in [0.2, 0.25) is 5.91 Å². The first-order valence-electron chi connectivity index (χ1n) is 9.13. The summed E-state index contributed by atoms with van der Waals surface area (Å²) in [5.74, 6) is -1.19. The molecule has 1 amide bonds. The fraction of sp³-hybridized carbons (Fsp3) is 0.611. The number of amides is 1. The van der Waals surface area contributed by atoms with Crippen molar-refractivity contribution in [3.8, 4) is 0 Å². The Balaban J connectivity index is 2.43. The summed E-state index contributed by atoms with van der Waals surface area (Å²) in [6.45, 7) is 5.72. The van der Waals surface area contributed by atoms with Crippen molar-refractivity contribution < 1.29 is 28.6 Å². The summed E-state index contributed by atoms with van der Waals surface area (Å²) in [4.78, 5) is 50.2. The second-order valence-electron chi connectivity index (χ2n) is 6.62. The number of hydrogen-bond acceptors (Lipinski definition) is 8. The van der Waals surface area contributed by atoms with Gasteiger partial charge in [-0.1, -0.05) is 29.3 Å². The van der Waals surface area contributed by atoms with Gasteiger partial charge < -0.3 is 19.5 Å². The molecule has 0 radical (unpaired) electrons. The number of nitrogens with one attached hydrogen (secondary N) is 1. The molecule has 160 valence electrons. The molecule has 1 fully saturated rings. The SMILES string of the molecule is CCCc1cn([C@@H]2O[C@H](COC(C)=O)[C@H](Br)[C@H]2OC(C)=O)c(=O)nc1NC(C)=O. The molecule has 1 aliphatic rings. The lowest BCUT2D eigenvalue weighted by Crippen LogP contribution is -2.37. The molecule has 1 N–H and O–H groups in total. The lowest BCUT2D eigenvalue weighted by Gasteiger charge is -2.22. The lowest BCUT2D eigenvalue weighted by atomic mass is 10.1. The number of aryl methyl sites for hydroxylation is 1. The highest BCUT2D eigenvalue weighted by molar-refractivity contribution is 9.09. The van der Waals surface area contributed by atoms with Gasteiger partial charge in [-0.05, 0) is 6.42 Å². The molecule has 10 nitrogen and oxygen atoms in total. The zero-order valence-electron chi connectivity index (χ0n) is 16.6. The van der Waals surface area contributed by atoms with E-state index >= 15 is 0 Å². The van der Waals surface area contributed by atoms with Gasteiger partial charge >= 0.3 is 17.6 Å². The largest absolute Gasteiger partial charge is 0.463 e. The maximum atomic E-state index is 12.7. The van der Waals surface area contributed by atoms with Gasteiger partial charge in [0.25, 0.3) is 0 Å². The summed E-state index contributed by atoms with van der Waals surface area (Å²) in [6.07, 6.45) is 0.368. The monoisotopic (exact) mass is 473 g/mol. The van der Waals surface area contributed by atoms with Gasteiger partial charge in [-0.2, -0.15) is 4.98 Å². The van der Waals surface area contributed by atoms with Crippen molar-refractivity contribution in [2.24, 2.45) is 0 Å². The van der Waals surface area contributed by atoms with E-state index in [1.54, 1.807) is 6.20 Å². The van der Waals surface area contributed by atoms with Gasteiger partial charge in [-0.3, -0.25) is 19.0 Å². The number of ether oxygens (including phenoxy) is 3. The number of esters is 2. The van der Waals surface area contributed by atoms with Crippen LogP contribution in [-0.4, -0.2) is 51.0 Å². The summed E-state index contributed by atoms with van der Waals surface area (Å²) in [7, 11) is 0. The third-order valence-corrected chi connectivity index (χ3v) is 5.24. The minimum Gasteiger partial charge on any atom is -0.463 e. The zero-order chi connectivity index (χ0) is 21.7. The fourth-order valence-corrected chi connectivity index (χ4v) is 3.64. The molecule has 11 heteroatoms. The van der Waals surface area contributed by atoms with Crippen LogP contribution in [0.4, 0.5) is 5.82 Å². The van der Waals surface area contributed by atoms with Gasteiger partial charge in [0.1, 0.15) is 18.5 Å². The third-order valence-electron chi connectivity index (χ3n) is 4.13. The van der Waals surface area contributed by atoms with Crippen molar-refractivity contribution in [3.63, 3.8) is 0 Å². The molecule has 0 unspecified atom stereocenters. The van der Waals surface area contributed by atoms with Crippen LogP contribution in [0.5, 0.6) is 0 Å². The Morgan fingerprint density at radius 2 is 1.97 bits per heavy atom. The van der Waals surface area contributed by atoms with E-state index in [4.69, 9.17) is 14.2 Å². The molecule has 2 rings (SSSR count). The van der Waals surface area contributed by atoms with E-state index in [9.17, 15) is 19.2 Å². The van der Waals surface area contributed by atoms with E-state index < -0.39 is 40.9 Å². The predicted molar refractivity (Wildman–Crippen MR) is 106 cm³/mol. The van der Waals surface area contributed by atoms with Crippen molar-refractivity contribution in [3.05, 3.63) is 22.2 Å². The molecule has 0 aliphatic carbocycles. The van der Waals surface area contributed by atoms with Crippen LogP contribution in [0.2, 0.25) is 0 Å². The fourth-order valence-electron chi connectivity index (χ4n) is 2.99. The quantitative estimate of drug-likeness (QED) is 0.463. The highest BCUT2D eigenvalue weighted by Crippen LogP contribution is 2.36. The number of alkyl halides is 1. The third kappa shape index (κ3) is 5.86. The van der Waals surface area contributed by atoms with Crippen LogP contribution in [-0.2, 0) is 35.0 Å². The first kappa shape index (κ1) is 23.0. The Labute approximate surface area is 176 Å². The Bertz CT molecular complexity index is 841. The van der Waals surface area contributed by atoms with E-state index in [0.717, 1.165) is 6.42 Å². The standard InChI is InChI=1S/C18H24BrN3O7/c1-5-6-12-7-22(18(26)21-16(12)20-9(2)23)17-15(28-11(4)25)14(19)13(29-17)8-27-10(3)24/h7,13-15,17H,5-6,8H2,1-4H3,(H,20,21,23,26)/t13-,14+,15-,17-/m1/s1. The molecule has 0 aromatic carbocycles. The van der Waals surface area contributed by atoms with Gasteiger partial charge in [0.15, 0.2) is 12.3 Å².